The molecule has 0 spiro atoms. The minimum absolute atomic E-state index is 0.0545. The Labute approximate surface area is 91.9 Å². The number of aliphatic hydroxyl groups excluding tert-OH is 1. The summed E-state index contributed by atoms with van der Waals surface area (Å²) in [6, 6.07) is 0. The van der Waals surface area contributed by atoms with E-state index in [2.05, 4.69) is 15.5 Å². The molecule has 0 atom stereocenters. The third kappa shape index (κ3) is 3.14. The van der Waals surface area contributed by atoms with E-state index in [1.54, 1.807) is 7.05 Å². The molecule has 0 radical (unpaired) electrons. The Balaban J connectivity index is 2.65. The Morgan fingerprint density at radius 2 is 2.33 bits per heavy atom. The molecule has 0 aliphatic heterocycles. The second kappa shape index (κ2) is 5.62. The lowest BCUT2D eigenvalue weighted by molar-refractivity contribution is 0.0765. The van der Waals surface area contributed by atoms with Gasteiger partial charge in [0.15, 0.2) is 0 Å². The van der Waals surface area contributed by atoms with Crippen molar-refractivity contribution in [1.29, 1.82) is 0 Å². The number of nitrogens with zero attached hydrogens (tertiary/aromatic N) is 3. The van der Waals surface area contributed by atoms with Crippen LogP contribution in [0.15, 0.2) is 0 Å². The first-order chi connectivity index (χ1) is 7.19. The topological polar surface area (TPSA) is 78.4 Å². The Bertz CT molecular complexity index is 328. The van der Waals surface area contributed by atoms with Crippen molar-refractivity contribution >= 4 is 22.4 Å². The number of carbonyl (C=O) groups excluding carboxylic acids is 1. The SMILES string of the molecule is CCNc1nnc(C(=O)N(C)CCO)s1. The van der Waals surface area contributed by atoms with E-state index in [0.29, 0.717) is 16.7 Å². The molecule has 0 fully saturated rings. The molecule has 1 aromatic heterocycles. The average Bonchev–Trinajstić information content (AvgIpc) is 2.66. The van der Waals surface area contributed by atoms with Crippen molar-refractivity contribution in [3.05, 3.63) is 5.01 Å². The predicted octanol–water partition coefficient (Wildman–Crippen LogP) is 0.0342. The first-order valence-electron chi connectivity index (χ1n) is 4.62. The molecule has 1 aromatic rings. The zero-order chi connectivity index (χ0) is 11.3. The molecule has 1 rings (SSSR count). The molecule has 1 amide bonds. The van der Waals surface area contributed by atoms with Gasteiger partial charge in [-0.15, -0.1) is 10.2 Å². The van der Waals surface area contributed by atoms with Crippen molar-refractivity contribution in [2.75, 3.05) is 32.1 Å². The summed E-state index contributed by atoms with van der Waals surface area (Å²) in [7, 11) is 1.62. The molecule has 15 heavy (non-hydrogen) atoms. The van der Waals surface area contributed by atoms with Crippen molar-refractivity contribution in [3.8, 4) is 0 Å². The molecule has 0 bridgehead atoms. The van der Waals surface area contributed by atoms with E-state index < -0.39 is 0 Å². The number of amides is 1. The molecule has 0 unspecified atom stereocenters. The molecule has 7 heteroatoms. The smallest absolute Gasteiger partial charge is 0.284 e. The van der Waals surface area contributed by atoms with Gasteiger partial charge >= 0.3 is 0 Å². The second-order valence-corrected chi connectivity index (χ2v) is 3.87. The van der Waals surface area contributed by atoms with Gasteiger partial charge in [0.1, 0.15) is 0 Å². The van der Waals surface area contributed by atoms with Crippen LogP contribution in [-0.4, -0.2) is 52.9 Å². The van der Waals surface area contributed by atoms with Crippen molar-refractivity contribution in [1.82, 2.24) is 15.1 Å². The fourth-order valence-electron chi connectivity index (χ4n) is 0.947. The fourth-order valence-corrected chi connectivity index (χ4v) is 1.75. The van der Waals surface area contributed by atoms with E-state index in [0.717, 1.165) is 6.54 Å². The van der Waals surface area contributed by atoms with E-state index in [1.807, 2.05) is 6.92 Å². The summed E-state index contributed by atoms with van der Waals surface area (Å²) in [6.07, 6.45) is 0. The van der Waals surface area contributed by atoms with Gasteiger partial charge in [-0.25, -0.2) is 0 Å². The number of rotatable bonds is 5. The zero-order valence-corrected chi connectivity index (χ0v) is 9.54. The Morgan fingerprint density at radius 3 is 2.93 bits per heavy atom. The van der Waals surface area contributed by atoms with Crippen LogP contribution in [0.2, 0.25) is 0 Å². The number of carbonyl (C=O) groups is 1. The Hall–Kier alpha value is -1.21. The van der Waals surface area contributed by atoms with E-state index >= 15 is 0 Å². The van der Waals surface area contributed by atoms with Crippen LogP contribution in [0.3, 0.4) is 0 Å². The number of likely N-dealkylation sites (N-methyl/N-ethyl adjacent to an activating group) is 1. The minimum Gasteiger partial charge on any atom is -0.395 e. The van der Waals surface area contributed by atoms with Gasteiger partial charge in [-0.1, -0.05) is 11.3 Å². The molecule has 0 saturated carbocycles. The Kier molecular flexibility index (Phi) is 4.44. The zero-order valence-electron chi connectivity index (χ0n) is 8.73. The number of anilines is 1. The third-order valence-electron chi connectivity index (χ3n) is 1.72. The summed E-state index contributed by atoms with van der Waals surface area (Å²) >= 11 is 1.21. The van der Waals surface area contributed by atoms with Gasteiger partial charge in [0, 0.05) is 20.1 Å². The number of hydrogen-bond donors (Lipinski definition) is 2. The van der Waals surface area contributed by atoms with Crippen molar-refractivity contribution in [2.45, 2.75) is 6.92 Å². The van der Waals surface area contributed by atoms with Crippen LogP contribution in [0.5, 0.6) is 0 Å². The average molecular weight is 230 g/mol. The molecule has 6 nitrogen and oxygen atoms in total. The lowest BCUT2D eigenvalue weighted by Gasteiger charge is -2.12. The standard InChI is InChI=1S/C8H14N4O2S/c1-3-9-8-11-10-6(15-8)7(14)12(2)4-5-13/h13H,3-5H2,1-2H3,(H,9,11). The lowest BCUT2D eigenvalue weighted by atomic mass is 10.5. The first kappa shape index (κ1) is 11.9. The monoisotopic (exact) mass is 230 g/mol. The van der Waals surface area contributed by atoms with Gasteiger partial charge in [-0.2, -0.15) is 0 Å². The molecule has 84 valence electrons. The lowest BCUT2D eigenvalue weighted by Crippen LogP contribution is -2.29. The van der Waals surface area contributed by atoms with E-state index in [9.17, 15) is 4.79 Å². The normalized spacial score (nSPS) is 10.1. The third-order valence-corrected chi connectivity index (χ3v) is 2.59. The Morgan fingerprint density at radius 1 is 1.60 bits per heavy atom. The second-order valence-electron chi connectivity index (χ2n) is 2.89. The van der Waals surface area contributed by atoms with Crippen LogP contribution in [0.1, 0.15) is 16.7 Å². The summed E-state index contributed by atoms with van der Waals surface area (Å²) < 4.78 is 0. The molecule has 0 saturated heterocycles. The summed E-state index contributed by atoms with van der Waals surface area (Å²) in [5.41, 5.74) is 0. The molecular formula is C8H14N4O2S. The van der Waals surface area contributed by atoms with E-state index in [1.165, 1.54) is 16.2 Å². The van der Waals surface area contributed by atoms with Crippen molar-refractivity contribution < 1.29 is 9.90 Å². The van der Waals surface area contributed by atoms with Gasteiger partial charge in [0.2, 0.25) is 10.1 Å². The molecule has 1 heterocycles. The van der Waals surface area contributed by atoms with Crippen LogP contribution in [-0.2, 0) is 0 Å². The quantitative estimate of drug-likeness (QED) is 0.746. The van der Waals surface area contributed by atoms with Crippen molar-refractivity contribution in [3.63, 3.8) is 0 Å². The highest BCUT2D eigenvalue weighted by atomic mass is 32.1. The van der Waals surface area contributed by atoms with E-state index in [4.69, 9.17) is 5.11 Å². The van der Waals surface area contributed by atoms with Crippen LogP contribution in [0.4, 0.5) is 5.13 Å². The summed E-state index contributed by atoms with van der Waals surface area (Å²) in [6.45, 7) is 2.94. The van der Waals surface area contributed by atoms with Gasteiger partial charge < -0.3 is 15.3 Å². The number of aliphatic hydroxyl groups is 1. The maximum atomic E-state index is 11.6. The fraction of sp³-hybridized carbons (Fsp3) is 0.625. The van der Waals surface area contributed by atoms with Gasteiger partial charge in [-0.3, -0.25) is 4.79 Å². The number of aromatic nitrogens is 2. The highest BCUT2D eigenvalue weighted by molar-refractivity contribution is 7.17. The van der Waals surface area contributed by atoms with Gasteiger partial charge in [0.05, 0.1) is 6.61 Å². The van der Waals surface area contributed by atoms with Gasteiger partial charge in [0.25, 0.3) is 5.91 Å². The predicted molar refractivity (Wildman–Crippen MR) is 58.1 cm³/mol. The summed E-state index contributed by atoms with van der Waals surface area (Å²) in [4.78, 5) is 13.1. The van der Waals surface area contributed by atoms with Crippen LogP contribution >= 0.6 is 11.3 Å². The van der Waals surface area contributed by atoms with Crippen LogP contribution < -0.4 is 5.32 Å². The van der Waals surface area contributed by atoms with Crippen molar-refractivity contribution in [2.24, 2.45) is 0 Å². The number of hydrogen-bond acceptors (Lipinski definition) is 6. The van der Waals surface area contributed by atoms with Gasteiger partial charge in [-0.05, 0) is 6.92 Å². The minimum atomic E-state index is -0.217. The van der Waals surface area contributed by atoms with Crippen LogP contribution in [0, 0.1) is 0 Å². The maximum absolute atomic E-state index is 11.6. The van der Waals surface area contributed by atoms with Crippen LogP contribution in [0.25, 0.3) is 0 Å². The summed E-state index contributed by atoms with van der Waals surface area (Å²) in [5.74, 6) is -0.217. The molecule has 0 aromatic carbocycles. The molecule has 2 N–H and O–H groups in total. The first-order valence-corrected chi connectivity index (χ1v) is 5.44. The largest absolute Gasteiger partial charge is 0.395 e. The van der Waals surface area contributed by atoms with E-state index in [-0.39, 0.29) is 12.5 Å². The molecule has 0 aliphatic carbocycles. The molecular weight excluding hydrogens is 216 g/mol. The maximum Gasteiger partial charge on any atom is 0.284 e. The number of nitrogens with one attached hydrogen (secondary N) is 1. The highest BCUT2D eigenvalue weighted by Gasteiger charge is 2.16. The molecule has 0 aliphatic rings. The summed E-state index contributed by atoms with van der Waals surface area (Å²) in [5, 5.41) is 20.2. The highest BCUT2D eigenvalue weighted by Crippen LogP contribution is 2.15.